The lowest BCUT2D eigenvalue weighted by Gasteiger charge is -2.39. The molecule has 4 nitrogen and oxygen atoms in total. The third-order valence-electron chi connectivity index (χ3n) is 4.43. The van der Waals surface area contributed by atoms with Gasteiger partial charge < -0.3 is 10.2 Å². The molecule has 1 N–H and O–H groups in total. The van der Waals surface area contributed by atoms with Gasteiger partial charge in [-0.2, -0.15) is 13.2 Å². The van der Waals surface area contributed by atoms with Crippen molar-refractivity contribution in [2.75, 3.05) is 39.8 Å². The number of hydrogen-bond donors (Lipinski definition) is 1. The summed E-state index contributed by atoms with van der Waals surface area (Å²) in [6, 6.07) is 6.26. The van der Waals surface area contributed by atoms with E-state index >= 15 is 0 Å². The van der Waals surface area contributed by atoms with Crippen LogP contribution in [0.5, 0.6) is 0 Å². The third-order valence-corrected chi connectivity index (χ3v) is 4.67. The zero-order chi connectivity index (χ0) is 18.4. The lowest BCUT2D eigenvalue weighted by atomic mass is 10.1. The Hall–Kier alpha value is -0.740. The van der Waals surface area contributed by atoms with E-state index in [0.717, 1.165) is 17.9 Å². The van der Waals surface area contributed by atoms with Crippen molar-refractivity contribution >= 4 is 41.5 Å². The first-order valence-electron chi connectivity index (χ1n) is 8.32. The Balaban J connectivity index is 0.00000338. The fourth-order valence-corrected chi connectivity index (χ4v) is 3.08. The maximum absolute atomic E-state index is 12.8. The third kappa shape index (κ3) is 6.77. The SMILES string of the molecule is CN=C(NCCc1cccc(Cl)c1)N1CCN(C(C)C(F)(F)F)CC1.I. The molecule has 0 saturated carbocycles. The largest absolute Gasteiger partial charge is 0.403 e. The van der Waals surface area contributed by atoms with Crippen LogP contribution in [0.25, 0.3) is 0 Å². The highest BCUT2D eigenvalue weighted by atomic mass is 127. The van der Waals surface area contributed by atoms with Gasteiger partial charge in [0.2, 0.25) is 0 Å². The Kier molecular flexibility index (Phi) is 9.46. The number of rotatable bonds is 4. The molecule has 26 heavy (non-hydrogen) atoms. The topological polar surface area (TPSA) is 30.9 Å². The van der Waals surface area contributed by atoms with E-state index in [2.05, 4.69) is 10.3 Å². The van der Waals surface area contributed by atoms with E-state index in [1.807, 2.05) is 29.2 Å². The van der Waals surface area contributed by atoms with Crippen molar-refractivity contribution < 1.29 is 13.2 Å². The summed E-state index contributed by atoms with van der Waals surface area (Å²) in [6.07, 6.45) is -3.39. The summed E-state index contributed by atoms with van der Waals surface area (Å²) in [6.45, 7) is 3.69. The van der Waals surface area contributed by atoms with Gasteiger partial charge in [-0.05, 0) is 31.0 Å². The minimum absolute atomic E-state index is 0. The molecule has 2 rings (SSSR count). The zero-order valence-electron chi connectivity index (χ0n) is 14.9. The van der Waals surface area contributed by atoms with Crippen LogP contribution < -0.4 is 5.32 Å². The molecular formula is C17H25ClF3IN4. The smallest absolute Gasteiger partial charge is 0.356 e. The Morgan fingerprint density at radius 1 is 1.27 bits per heavy atom. The van der Waals surface area contributed by atoms with E-state index in [1.54, 1.807) is 7.05 Å². The van der Waals surface area contributed by atoms with E-state index in [0.29, 0.717) is 37.7 Å². The molecule has 1 fully saturated rings. The summed E-state index contributed by atoms with van der Waals surface area (Å²) in [5.41, 5.74) is 1.12. The van der Waals surface area contributed by atoms with Crippen molar-refractivity contribution in [3.8, 4) is 0 Å². The summed E-state index contributed by atoms with van der Waals surface area (Å²) in [4.78, 5) is 7.71. The highest BCUT2D eigenvalue weighted by Crippen LogP contribution is 2.25. The van der Waals surface area contributed by atoms with E-state index in [4.69, 9.17) is 11.6 Å². The molecule has 0 amide bonds. The fourth-order valence-electron chi connectivity index (χ4n) is 2.87. The number of halogens is 5. The Labute approximate surface area is 174 Å². The van der Waals surface area contributed by atoms with E-state index in [1.165, 1.54) is 11.8 Å². The molecule has 1 atom stereocenters. The van der Waals surface area contributed by atoms with Crippen LogP contribution in [-0.4, -0.2) is 67.7 Å². The standard InChI is InChI=1S/C17H24ClF3N4.HI/c1-13(17(19,20)21)24-8-10-25(11-9-24)16(22-2)23-7-6-14-4-3-5-15(18)12-14;/h3-5,12-13H,6-11H2,1-2H3,(H,22,23);1H. The molecule has 0 radical (unpaired) electrons. The second kappa shape index (κ2) is 10.6. The van der Waals surface area contributed by atoms with E-state index in [9.17, 15) is 13.2 Å². The number of aliphatic imine (C=N–C) groups is 1. The average molecular weight is 505 g/mol. The second-order valence-corrected chi connectivity index (χ2v) is 6.53. The number of nitrogens with one attached hydrogen (secondary N) is 1. The number of piperazine rings is 1. The first-order chi connectivity index (χ1) is 11.8. The van der Waals surface area contributed by atoms with Crippen LogP contribution in [0, 0.1) is 0 Å². The minimum atomic E-state index is -4.18. The normalized spacial score (nSPS) is 17.6. The van der Waals surface area contributed by atoms with Gasteiger partial charge in [0.1, 0.15) is 6.04 Å². The zero-order valence-corrected chi connectivity index (χ0v) is 18.0. The van der Waals surface area contributed by atoms with Gasteiger partial charge in [0.25, 0.3) is 0 Å². The van der Waals surface area contributed by atoms with Crippen molar-refractivity contribution in [3.05, 3.63) is 34.9 Å². The van der Waals surface area contributed by atoms with Gasteiger partial charge in [0.05, 0.1) is 0 Å². The summed E-state index contributed by atoms with van der Waals surface area (Å²) >= 11 is 5.97. The first kappa shape index (κ1) is 23.3. The van der Waals surface area contributed by atoms with Gasteiger partial charge in [-0.3, -0.25) is 9.89 Å². The maximum atomic E-state index is 12.8. The summed E-state index contributed by atoms with van der Waals surface area (Å²) in [5.74, 6) is 0.723. The highest BCUT2D eigenvalue weighted by molar-refractivity contribution is 14.0. The summed E-state index contributed by atoms with van der Waals surface area (Å²) in [7, 11) is 1.69. The van der Waals surface area contributed by atoms with Gasteiger partial charge in [0, 0.05) is 44.8 Å². The van der Waals surface area contributed by atoms with Crippen LogP contribution in [0.15, 0.2) is 29.3 Å². The molecule has 0 aromatic heterocycles. The quantitative estimate of drug-likeness (QED) is 0.386. The van der Waals surface area contributed by atoms with Crippen molar-refractivity contribution in [2.45, 2.75) is 25.6 Å². The van der Waals surface area contributed by atoms with Gasteiger partial charge in [0.15, 0.2) is 5.96 Å². The second-order valence-electron chi connectivity index (χ2n) is 6.09. The molecule has 1 aromatic carbocycles. The van der Waals surface area contributed by atoms with Crippen LogP contribution >= 0.6 is 35.6 Å². The number of guanidine groups is 1. The molecule has 0 aliphatic carbocycles. The van der Waals surface area contributed by atoms with Crippen LogP contribution in [0.4, 0.5) is 13.2 Å². The van der Waals surface area contributed by atoms with Gasteiger partial charge in [-0.1, -0.05) is 23.7 Å². The molecule has 1 aliphatic heterocycles. The Bertz CT molecular complexity index is 590. The Morgan fingerprint density at radius 2 is 1.92 bits per heavy atom. The van der Waals surface area contributed by atoms with Crippen molar-refractivity contribution in [3.63, 3.8) is 0 Å². The van der Waals surface area contributed by atoms with Crippen molar-refractivity contribution in [1.82, 2.24) is 15.1 Å². The molecule has 148 valence electrons. The monoisotopic (exact) mass is 504 g/mol. The molecule has 0 bridgehead atoms. The van der Waals surface area contributed by atoms with Crippen LogP contribution in [-0.2, 0) is 6.42 Å². The molecule has 1 saturated heterocycles. The van der Waals surface area contributed by atoms with Gasteiger partial charge >= 0.3 is 6.18 Å². The molecule has 1 heterocycles. The van der Waals surface area contributed by atoms with Crippen LogP contribution in [0.2, 0.25) is 5.02 Å². The average Bonchev–Trinajstić information content (AvgIpc) is 2.58. The van der Waals surface area contributed by atoms with Crippen LogP contribution in [0.1, 0.15) is 12.5 Å². The predicted molar refractivity (Wildman–Crippen MR) is 111 cm³/mol. The number of alkyl halides is 3. The first-order valence-corrected chi connectivity index (χ1v) is 8.70. The fraction of sp³-hybridized carbons (Fsp3) is 0.588. The molecule has 9 heteroatoms. The lowest BCUT2D eigenvalue weighted by molar-refractivity contribution is -0.181. The van der Waals surface area contributed by atoms with Gasteiger partial charge in [-0.25, -0.2) is 0 Å². The molecule has 0 spiro atoms. The van der Waals surface area contributed by atoms with Crippen molar-refractivity contribution in [1.29, 1.82) is 0 Å². The van der Waals surface area contributed by atoms with Gasteiger partial charge in [-0.15, -0.1) is 24.0 Å². The predicted octanol–water partition coefficient (Wildman–Crippen LogP) is 3.64. The van der Waals surface area contributed by atoms with E-state index < -0.39 is 12.2 Å². The maximum Gasteiger partial charge on any atom is 0.403 e. The summed E-state index contributed by atoms with van der Waals surface area (Å²) in [5, 5.41) is 3.98. The highest BCUT2D eigenvalue weighted by Gasteiger charge is 2.41. The van der Waals surface area contributed by atoms with Crippen LogP contribution in [0.3, 0.4) is 0 Å². The molecular weight excluding hydrogens is 480 g/mol. The molecule has 1 unspecified atom stereocenters. The Morgan fingerprint density at radius 3 is 2.46 bits per heavy atom. The van der Waals surface area contributed by atoms with E-state index in [-0.39, 0.29) is 24.0 Å². The molecule has 1 aliphatic rings. The number of benzene rings is 1. The minimum Gasteiger partial charge on any atom is -0.356 e. The number of nitrogens with zero attached hydrogens (tertiary/aromatic N) is 3. The van der Waals surface area contributed by atoms with Crippen molar-refractivity contribution in [2.24, 2.45) is 4.99 Å². The summed E-state index contributed by atoms with van der Waals surface area (Å²) < 4.78 is 38.4. The molecule has 1 aromatic rings. The number of hydrogen-bond acceptors (Lipinski definition) is 2. The lowest BCUT2D eigenvalue weighted by Crippen LogP contribution is -2.56.